The maximum atomic E-state index is 12.6. The van der Waals surface area contributed by atoms with E-state index in [1.54, 1.807) is 19.1 Å². The number of alkyl halides is 2. The van der Waals surface area contributed by atoms with Crippen molar-refractivity contribution in [2.24, 2.45) is 0 Å². The van der Waals surface area contributed by atoms with E-state index in [1.165, 1.54) is 6.07 Å². The Morgan fingerprint density at radius 3 is 2.30 bits per heavy atom. The summed E-state index contributed by atoms with van der Waals surface area (Å²) in [5.41, 5.74) is 3.95. The van der Waals surface area contributed by atoms with Crippen molar-refractivity contribution in [1.29, 1.82) is 0 Å². The number of likely N-dealkylation sites (N-methyl/N-ethyl adjacent to an activating group) is 1. The van der Waals surface area contributed by atoms with E-state index in [0.29, 0.717) is 13.2 Å². The summed E-state index contributed by atoms with van der Waals surface area (Å²) in [4.78, 5) is 14.5. The van der Waals surface area contributed by atoms with Gasteiger partial charge in [0, 0.05) is 12.2 Å². The van der Waals surface area contributed by atoms with Crippen molar-refractivity contribution in [2.45, 2.75) is 46.8 Å². The molecule has 1 amide bonds. The van der Waals surface area contributed by atoms with Gasteiger partial charge in [-0.3, -0.25) is 9.69 Å². The third-order valence-electron chi connectivity index (χ3n) is 4.65. The molecule has 0 saturated heterocycles. The highest BCUT2D eigenvalue weighted by Gasteiger charge is 2.15. The Hall–Kier alpha value is -2.67. The molecular formula is C23H30F2N2O3. The fourth-order valence-corrected chi connectivity index (χ4v) is 3.31. The zero-order chi connectivity index (χ0) is 22.1. The summed E-state index contributed by atoms with van der Waals surface area (Å²) in [6, 6.07) is 10.9. The van der Waals surface area contributed by atoms with Gasteiger partial charge < -0.3 is 14.8 Å². The highest BCUT2D eigenvalue weighted by molar-refractivity contribution is 5.93. The monoisotopic (exact) mass is 420 g/mol. The van der Waals surface area contributed by atoms with Gasteiger partial charge in [-0.05, 0) is 55.6 Å². The third-order valence-corrected chi connectivity index (χ3v) is 4.65. The molecule has 0 spiro atoms. The first-order valence-electron chi connectivity index (χ1n) is 10.2. The van der Waals surface area contributed by atoms with Gasteiger partial charge in [-0.1, -0.05) is 38.1 Å². The Bertz CT molecular complexity index is 821. The maximum Gasteiger partial charge on any atom is 0.387 e. The van der Waals surface area contributed by atoms with Crippen LogP contribution in [0, 0.1) is 0 Å². The first-order valence-corrected chi connectivity index (χ1v) is 10.2. The smallest absolute Gasteiger partial charge is 0.387 e. The molecule has 2 aromatic rings. The Balaban J connectivity index is 2.04. The van der Waals surface area contributed by atoms with E-state index in [2.05, 4.69) is 23.9 Å². The molecule has 0 aliphatic rings. The van der Waals surface area contributed by atoms with Gasteiger partial charge in [0.15, 0.2) is 11.5 Å². The van der Waals surface area contributed by atoms with Gasteiger partial charge in [0.05, 0.1) is 13.2 Å². The van der Waals surface area contributed by atoms with E-state index >= 15 is 0 Å². The molecule has 0 atom stereocenters. The van der Waals surface area contributed by atoms with Crippen LogP contribution in [0.5, 0.6) is 11.5 Å². The van der Waals surface area contributed by atoms with Crippen LogP contribution in [-0.2, 0) is 24.2 Å². The average Bonchev–Trinajstić information content (AvgIpc) is 2.69. The maximum absolute atomic E-state index is 12.6. The highest BCUT2D eigenvalue weighted by atomic mass is 19.3. The number of halogens is 2. The molecule has 0 fully saturated rings. The molecule has 0 radical (unpaired) electrons. The van der Waals surface area contributed by atoms with E-state index in [0.717, 1.165) is 35.2 Å². The lowest BCUT2D eigenvalue weighted by Crippen LogP contribution is -2.30. The molecule has 2 aromatic carbocycles. The van der Waals surface area contributed by atoms with Gasteiger partial charge >= 0.3 is 6.61 Å². The number of amides is 1. The molecular weight excluding hydrogens is 390 g/mol. The van der Waals surface area contributed by atoms with Gasteiger partial charge in [0.2, 0.25) is 5.91 Å². The van der Waals surface area contributed by atoms with Gasteiger partial charge in [0.25, 0.3) is 0 Å². The molecule has 0 saturated carbocycles. The largest absolute Gasteiger partial charge is 0.490 e. The molecule has 2 rings (SSSR count). The minimum Gasteiger partial charge on any atom is -0.490 e. The summed E-state index contributed by atoms with van der Waals surface area (Å²) in [7, 11) is 1.83. The van der Waals surface area contributed by atoms with Crippen molar-refractivity contribution < 1.29 is 23.0 Å². The van der Waals surface area contributed by atoms with Crippen LogP contribution in [0.2, 0.25) is 0 Å². The van der Waals surface area contributed by atoms with Crippen LogP contribution >= 0.6 is 0 Å². The summed E-state index contributed by atoms with van der Waals surface area (Å²) in [6.07, 6.45) is 1.68. The summed E-state index contributed by atoms with van der Waals surface area (Å²) in [5, 5.41) is 3.05. The summed E-state index contributed by atoms with van der Waals surface area (Å²) in [5.74, 6) is 0.160. The van der Waals surface area contributed by atoms with E-state index in [1.807, 2.05) is 30.1 Å². The lowest BCUT2D eigenvalue weighted by Gasteiger charge is -2.19. The number of rotatable bonds is 11. The zero-order valence-electron chi connectivity index (χ0n) is 18.0. The number of nitrogens with zero attached hydrogens (tertiary/aromatic N) is 1. The number of benzene rings is 2. The topological polar surface area (TPSA) is 50.8 Å². The number of carbonyl (C=O) groups is 1. The van der Waals surface area contributed by atoms with Crippen molar-refractivity contribution in [2.75, 3.05) is 25.5 Å². The van der Waals surface area contributed by atoms with Crippen LogP contribution in [0.3, 0.4) is 0 Å². The predicted octanol–water partition coefficient (Wildman–Crippen LogP) is 4.88. The lowest BCUT2D eigenvalue weighted by molar-refractivity contribution is -0.117. The van der Waals surface area contributed by atoms with Crippen LogP contribution in [-0.4, -0.2) is 37.6 Å². The number of carbonyl (C=O) groups excluding carboxylic acids is 1. The van der Waals surface area contributed by atoms with Crippen LogP contribution in [0.15, 0.2) is 36.4 Å². The molecule has 0 heterocycles. The van der Waals surface area contributed by atoms with E-state index < -0.39 is 6.61 Å². The van der Waals surface area contributed by atoms with Crippen molar-refractivity contribution in [3.8, 4) is 11.5 Å². The van der Waals surface area contributed by atoms with Crippen molar-refractivity contribution >= 4 is 11.6 Å². The summed E-state index contributed by atoms with van der Waals surface area (Å²) < 4.78 is 35.0. The minimum atomic E-state index is -2.92. The van der Waals surface area contributed by atoms with Gasteiger partial charge in [-0.15, -0.1) is 0 Å². The Kier molecular flexibility index (Phi) is 9.05. The number of anilines is 1. The fraction of sp³-hybridized carbons (Fsp3) is 0.435. The van der Waals surface area contributed by atoms with Crippen LogP contribution in [0.1, 0.15) is 37.5 Å². The van der Waals surface area contributed by atoms with Crippen molar-refractivity contribution in [3.05, 3.63) is 53.1 Å². The second kappa shape index (κ2) is 11.5. The molecule has 0 aromatic heterocycles. The lowest BCUT2D eigenvalue weighted by atomic mass is 10.0. The number of nitrogens with one attached hydrogen (secondary N) is 1. The predicted molar refractivity (Wildman–Crippen MR) is 114 cm³/mol. The normalized spacial score (nSPS) is 11.1. The standard InChI is InChI=1S/C23H30F2N2O3/c1-5-17-9-8-10-18(6-2)22(17)26-21(28)15-27(4)14-16-11-12-19(30-23(24)25)20(13-16)29-7-3/h8-13,23H,5-7,14-15H2,1-4H3,(H,26,28). The summed E-state index contributed by atoms with van der Waals surface area (Å²) in [6.45, 7) is 3.97. The van der Waals surface area contributed by atoms with Gasteiger partial charge in [-0.2, -0.15) is 8.78 Å². The van der Waals surface area contributed by atoms with Crippen LogP contribution in [0.25, 0.3) is 0 Å². The van der Waals surface area contributed by atoms with Crippen molar-refractivity contribution in [3.63, 3.8) is 0 Å². The molecule has 0 unspecified atom stereocenters. The van der Waals surface area contributed by atoms with E-state index in [-0.39, 0.29) is 24.0 Å². The average molecular weight is 421 g/mol. The van der Waals surface area contributed by atoms with Crippen molar-refractivity contribution in [1.82, 2.24) is 4.90 Å². The zero-order valence-corrected chi connectivity index (χ0v) is 18.0. The molecule has 0 bridgehead atoms. The molecule has 5 nitrogen and oxygen atoms in total. The molecule has 0 aliphatic heterocycles. The summed E-state index contributed by atoms with van der Waals surface area (Å²) >= 11 is 0. The number of aryl methyl sites for hydroxylation is 2. The van der Waals surface area contributed by atoms with Gasteiger partial charge in [-0.25, -0.2) is 0 Å². The molecule has 30 heavy (non-hydrogen) atoms. The SMILES string of the molecule is CCOc1cc(CN(C)CC(=O)Nc2c(CC)cccc2CC)ccc1OC(F)F. The molecule has 0 aliphatic carbocycles. The molecule has 7 heteroatoms. The third kappa shape index (κ3) is 6.69. The first-order chi connectivity index (χ1) is 14.4. The van der Waals surface area contributed by atoms with Crippen LogP contribution < -0.4 is 14.8 Å². The van der Waals surface area contributed by atoms with E-state index in [9.17, 15) is 13.6 Å². The number of para-hydroxylation sites is 1. The quantitative estimate of drug-likeness (QED) is 0.563. The number of hydrogen-bond acceptors (Lipinski definition) is 4. The second-order valence-corrected chi connectivity index (χ2v) is 6.97. The van der Waals surface area contributed by atoms with E-state index in [4.69, 9.17) is 4.74 Å². The molecule has 164 valence electrons. The number of ether oxygens (including phenoxy) is 2. The highest BCUT2D eigenvalue weighted by Crippen LogP contribution is 2.30. The number of hydrogen-bond donors (Lipinski definition) is 1. The Labute approximate surface area is 177 Å². The Morgan fingerprint density at radius 2 is 1.73 bits per heavy atom. The minimum absolute atomic E-state index is 0.000682. The fourth-order valence-electron chi connectivity index (χ4n) is 3.31. The first kappa shape index (κ1) is 23.6. The van der Waals surface area contributed by atoms with Crippen LogP contribution in [0.4, 0.5) is 14.5 Å². The second-order valence-electron chi connectivity index (χ2n) is 6.97. The Morgan fingerprint density at radius 1 is 1.07 bits per heavy atom. The molecule has 1 N–H and O–H groups in total. The van der Waals surface area contributed by atoms with Gasteiger partial charge in [0.1, 0.15) is 0 Å².